The molecule has 6 rings (SSSR count). The third kappa shape index (κ3) is 2.75. The van der Waals surface area contributed by atoms with Crippen LogP contribution in [0.3, 0.4) is 0 Å². The Morgan fingerprint density at radius 1 is 1.00 bits per heavy atom. The summed E-state index contributed by atoms with van der Waals surface area (Å²) in [5.74, 6) is 1.24. The van der Waals surface area contributed by atoms with Crippen molar-refractivity contribution in [2.24, 2.45) is 11.8 Å². The highest BCUT2D eigenvalue weighted by molar-refractivity contribution is 5.83. The highest BCUT2D eigenvalue weighted by Gasteiger charge is 2.43. The molecule has 138 valence electrons. The van der Waals surface area contributed by atoms with Crippen LogP contribution in [0.4, 0.5) is 0 Å². The lowest BCUT2D eigenvalue weighted by molar-refractivity contribution is -0.129. The zero-order valence-corrected chi connectivity index (χ0v) is 15.3. The predicted octanol–water partition coefficient (Wildman–Crippen LogP) is 2.93. The van der Waals surface area contributed by atoms with Gasteiger partial charge in [-0.3, -0.25) is 9.59 Å². The molecule has 4 aliphatic rings. The number of hydrogen-bond acceptors (Lipinski definition) is 2. The normalized spacial score (nSPS) is 28.1. The minimum absolute atomic E-state index is 0.0526. The minimum atomic E-state index is -0.0944. The van der Waals surface area contributed by atoms with Crippen LogP contribution in [-0.2, 0) is 9.59 Å². The molecule has 4 heteroatoms. The van der Waals surface area contributed by atoms with Crippen molar-refractivity contribution in [3.05, 3.63) is 70.8 Å². The summed E-state index contributed by atoms with van der Waals surface area (Å²) in [6.45, 7) is 1.17. The van der Waals surface area contributed by atoms with Gasteiger partial charge in [0.05, 0.1) is 5.92 Å². The van der Waals surface area contributed by atoms with Crippen LogP contribution in [0.1, 0.15) is 53.4 Å². The molecule has 2 amide bonds. The van der Waals surface area contributed by atoms with E-state index in [-0.39, 0.29) is 17.7 Å². The molecular weight excluding hydrogens is 336 g/mol. The van der Waals surface area contributed by atoms with Crippen molar-refractivity contribution >= 4 is 11.8 Å². The van der Waals surface area contributed by atoms with Crippen molar-refractivity contribution in [2.75, 3.05) is 13.1 Å². The SMILES string of the molecule is O=C1CC[C@@H](C(=O)NC[C@H]2CC3c4ccccc4C2c2ccccc23)CN1. The van der Waals surface area contributed by atoms with Crippen molar-refractivity contribution in [3.8, 4) is 0 Å². The van der Waals surface area contributed by atoms with Gasteiger partial charge in [-0.15, -0.1) is 0 Å². The highest BCUT2D eigenvalue weighted by Crippen LogP contribution is 2.55. The molecule has 1 fully saturated rings. The summed E-state index contributed by atoms with van der Waals surface area (Å²) in [4.78, 5) is 23.9. The van der Waals surface area contributed by atoms with E-state index in [0.29, 0.717) is 43.7 Å². The van der Waals surface area contributed by atoms with Crippen molar-refractivity contribution in [1.82, 2.24) is 10.6 Å². The second-order valence-electron chi connectivity index (χ2n) is 8.07. The van der Waals surface area contributed by atoms with Crippen LogP contribution in [0.5, 0.6) is 0 Å². The van der Waals surface area contributed by atoms with Gasteiger partial charge in [0.1, 0.15) is 0 Å². The molecule has 0 unspecified atom stereocenters. The summed E-state index contributed by atoms with van der Waals surface area (Å²) in [6, 6.07) is 17.6. The molecule has 1 saturated heterocycles. The van der Waals surface area contributed by atoms with Crippen LogP contribution >= 0.6 is 0 Å². The zero-order chi connectivity index (χ0) is 18.4. The summed E-state index contributed by atoms with van der Waals surface area (Å²) < 4.78 is 0. The second-order valence-corrected chi connectivity index (χ2v) is 8.07. The fraction of sp³-hybridized carbons (Fsp3) is 0.391. The average molecular weight is 360 g/mol. The van der Waals surface area contributed by atoms with Gasteiger partial charge in [-0.1, -0.05) is 48.5 Å². The maximum absolute atomic E-state index is 12.6. The summed E-state index contributed by atoms with van der Waals surface area (Å²) in [5, 5.41) is 6.00. The minimum Gasteiger partial charge on any atom is -0.355 e. The Kier molecular flexibility index (Phi) is 4.00. The Hall–Kier alpha value is -2.62. The highest BCUT2D eigenvalue weighted by atomic mass is 16.2. The first kappa shape index (κ1) is 16.5. The zero-order valence-electron chi connectivity index (χ0n) is 15.3. The molecule has 1 heterocycles. The maximum Gasteiger partial charge on any atom is 0.224 e. The first-order valence-corrected chi connectivity index (χ1v) is 9.94. The van der Waals surface area contributed by atoms with E-state index in [2.05, 4.69) is 59.2 Å². The summed E-state index contributed by atoms with van der Waals surface area (Å²) in [5.41, 5.74) is 5.77. The number of carbonyl (C=O) groups excluding carboxylic acids is 2. The molecule has 0 spiro atoms. The van der Waals surface area contributed by atoms with Crippen LogP contribution in [0, 0.1) is 11.8 Å². The average Bonchev–Trinajstić information content (AvgIpc) is 2.72. The molecule has 2 aromatic carbocycles. The Bertz CT molecular complexity index is 849. The molecule has 2 N–H and O–H groups in total. The quantitative estimate of drug-likeness (QED) is 0.884. The predicted molar refractivity (Wildman–Crippen MR) is 103 cm³/mol. The number of benzene rings is 2. The molecule has 2 atom stereocenters. The summed E-state index contributed by atoms with van der Waals surface area (Å²) in [7, 11) is 0. The molecule has 2 aromatic rings. The van der Waals surface area contributed by atoms with Gasteiger partial charge in [-0.05, 0) is 41.0 Å². The van der Waals surface area contributed by atoms with Gasteiger partial charge in [-0.2, -0.15) is 0 Å². The van der Waals surface area contributed by atoms with Crippen molar-refractivity contribution < 1.29 is 9.59 Å². The lowest BCUT2D eigenvalue weighted by Gasteiger charge is -2.45. The first-order valence-electron chi connectivity index (χ1n) is 9.94. The smallest absolute Gasteiger partial charge is 0.224 e. The molecule has 1 aliphatic heterocycles. The van der Waals surface area contributed by atoms with Gasteiger partial charge in [0, 0.05) is 31.3 Å². The van der Waals surface area contributed by atoms with Crippen molar-refractivity contribution in [2.45, 2.75) is 31.1 Å². The number of nitrogens with one attached hydrogen (secondary N) is 2. The standard InChI is InChI=1S/C23H24N2O2/c26-21-10-9-14(12-24-21)23(27)25-13-15-11-20-16-5-1-3-7-18(16)22(15)19-8-4-2-6-17(19)20/h1-8,14-15,20,22H,9-13H2,(H,24,26)(H,25,27)/t14-,15-,20?,22?/m1/s1. The molecule has 3 aliphatic carbocycles. The monoisotopic (exact) mass is 360 g/mol. The molecule has 0 radical (unpaired) electrons. The van der Waals surface area contributed by atoms with E-state index in [4.69, 9.17) is 0 Å². The lowest BCUT2D eigenvalue weighted by Crippen LogP contribution is -2.45. The molecular formula is C23H24N2O2. The number of rotatable bonds is 3. The third-order valence-electron chi connectivity index (χ3n) is 6.60. The number of piperidine rings is 1. The van der Waals surface area contributed by atoms with E-state index >= 15 is 0 Å². The van der Waals surface area contributed by atoms with Gasteiger partial charge >= 0.3 is 0 Å². The molecule has 4 nitrogen and oxygen atoms in total. The van der Waals surface area contributed by atoms with Crippen molar-refractivity contribution in [3.63, 3.8) is 0 Å². The van der Waals surface area contributed by atoms with Gasteiger partial charge in [0.15, 0.2) is 0 Å². The van der Waals surface area contributed by atoms with Crippen LogP contribution < -0.4 is 10.6 Å². The number of hydrogen-bond donors (Lipinski definition) is 2. The number of carbonyl (C=O) groups is 2. The second kappa shape index (κ2) is 6.52. The Morgan fingerprint density at radius 3 is 2.22 bits per heavy atom. The third-order valence-corrected chi connectivity index (χ3v) is 6.60. The van der Waals surface area contributed by atoms with E-state index in [9.17, 15) is 9.59 Å². The van der Waals surface area contributed by atoms with Gasteiger partial charge in [0.2, 0.25) is 11.8 Å². The van der Waals surface area contributed by atoms with E-state index in [1.54, 1.807) is 0 Å². The fourth-order valence-corrected chi connectivity index (χ4v) is 5.29. The van der Waals surface area contributed by atoms with Crippen LogP contribution in [0.2, 0.25) is 0 Å². The van der Waals surface area contributed by atoms with Gasteiger partial charge in [-0.25, -0.2) is 0 Å². The van der Waals surface area contributed by atoms with E-state index < -0.39 is 0 Å². The summed E-state index contributed by atoms with van der Waals surface area (Å²) in [6.07, 6.45) is 2.19. The first-order chi connectivity index (χ1) is 13.2. The lowest BCUT2D eigenvalue weighted by atomic mass is 9.59. The van der Waals surface area contributed by atoms with E-state index in [0.717, 1.165) is 6.42 Å². The molecule has 0 saturated carbocycles. The van der Waals surface area contributed by atoms with E-state index in [1.165, 1.54) is 22.3 Å². The molecule has 0 aromatic heterocycles. The molecule has 27 heavy (non-hydrogen) atoms. The van der Waals surface area contributed by atoms with Gasteiger partial charge < -0.3 is 10.6 Å². The van der Waals surface area contributed by atoms with Crippen LogP contribution in [0.15, 0.2) is 48.5 Å². The topological polar surface area (TPSA) is 58.2 Å². The largest absolute Gasteiger partial charge is 0.355 e. The Balaban J connectivity index is 1.36. The maximum atomic E-state index is 12.6. The van der Waals surface area contributed by atoms with Crippen LogP contribution in [0.25, 0.3) is 0 Å². The number of amides is 2. The Morgan fingerprint density at radius 2 is 1.63 bits per heavy atom. The summed E-state index contributed by atoms with van der Waals surface area (Å²) >= 11 is 0. The number of fused-ring (bicyclic) bond motifs is 1. The van der Waals surface area contributed by atoms with Crippen LogP contribution in [-0.4, -0.2) is 24.9 Å². The van der Waals surface area contributed by atoms with E-state index in [1.807, 2.05) is 0 Å². The fourth-order valence-electron chi connectivity index (χ4n) is 5.29. The molecule has 2 bridgehead atoms. The van der Waals surface area contributed by atoms with Crippen molar-refractivity contribution in [1.29, 1.82) is 0 Å². The van der Waals surface area contributed by atoms with Gasteiger partial charge in [0.25, 0.3) is 0 Å². The Labute approximate surface area is 159 Å².